The zero-order valence-electron chi connectivity index (χ0n) is 11.6. The third-order valence-corrected chi connectivity index (χ3v) is 3.41. The Kier molecular flexibility index (Phi) is 4.27. The van der Waals surface area contributed by atoms with Crippen LogP contribution in [0.2, 0.25) is 0 Å². The molecule has 5 heteroatoms. The van der Waals surface area contributed by atoms with Crippen LogP contribution >= 0.6 is 0 Å². The summed E-state index contributed by atoms with van der Waals surface area (Å²) in [7, 11) is 2.07. The summed E-state index contributed by atoms with van der Waals surface area (Å²) in [5.74, 6) is 0.765. The molecule has 104 valence electrons. The minimum atomic E-state index is 0.0457. The van der Waals surface area contributed by atoms with Crippen molar-refractivity contribution in [2.24, 2.45) is 0 Å². The second kappa shape index (κ2) is 5.93. The molecule has 0 aliphatic carbocycles. The molecule has 0 radical (unpaired) electrons. The number of amides is 1. The van der Waals surface area contributed by atoms with Gasteiger partial charge in [0.05, 0.1) is 0 Å². The molecule has 0 unspecified atom stereocenters. The molecule has 2 N–H and O–H groups in total. The summed E-state index contributed by atoms with van der Waals surface area (Å²) >= 11 is 0. The van der Waals surface area contributed by atoms with Crippen LogP contribution in [0.1, 0.15) is 5.56 Å². The molecular formula is C14H21N3O2. The van der Waals surface area contributed by atoms with Gasteiger partial charge in [-0.2, -0.15) is 0 Å². The summed E-state index contributed by atoms with van der Waals surface area (Å²) in [5.41, 5.74) is 7.33. The number of carbonyl (C=O) groups is 1. The minimum Gasteiger partial charge on any atom is -0.483 e. The van der Waals surface area contributed by atoms with E-state index in [1.54, 1.807) is 6.07 Å². The SMILES string of the molecule is Cc1cc(N)ccc1OCC(=O)N1CCN(C)CC1. The molecule has 0 spiro atoms. The first-order chi connectivity index (χ1) is 9.06. The number of benzene rings is 1. The smallest absolute Gasteiger partial charge is 0.260 e. The molecule has 1 fully saturated rings. The maximum absolute atomic E-state index is 12.0. The number of carbonyl (C=O) groups excluding carboxylic acids is 1. The highest BCUT2D eigenvalue weighted by molar-refractivity contribution is 5.78. The van der Waals surface area contributed by atoms with E-state index < -0.39 is 0 Å². The Morgan fingerprint density at radius 3 is 2.63 bits per heavy atom. The zero-order valence-corrected chi connectivity index (χ0v) is 11.6. The molecule has 19 heavy (non-hydrogen) atoms. The standard InChI is InChI=1S/C14H21N3O2/c1-11-9-12(15)3-4-13(11)19-10-14(18)17-7-5-16(2)6-8-17/h3-4,9H,5-8,10,15H2,1-2H3. The Hall–Kier alpha value is -1.75. The summed E-state index contributed by atoms with van der Waals surface area (Å²) < 4.78 is 5.57. The van der Waals surface area contributed by atoms with E-state index in [0.717, 1.165) is 37.5 Å². The molecule has 1 amide bonds. The predicted molar refractivity (Wildman–Crippen MR) is 75.2 cm³/mol. The van der Waals surface area contributed by atoms with Crippen LogP contribution in [-0.2, 0) is 4.79 Å². The number of nitrogens with two attached hydrogens (primary N) is 1. The molecule has 1 aromatic carbocycles. The van der Waals surface area contributed by atoms with Gasteiger partial charge in [-0.25, -0.2) is 0 Å². The average molecular weight is 263 g/mol. The van der Waals surface area contributed by atoms with Crippen molar-refractivity contribution in [1.82, 2.24) is 9.80 Å². The van der Waals surface area contributed by atoms with Gasteiger partial charge in [0.25, 0.3) is 5.91 Å². The third-order valence-electron chi connectivity index (χ3n) is 3.41. The lowest BCUT2D eigenvalue weighted by Gasteiger charge is -2.32. The summed E-state index contributed by atoms with van der Waals surface area (Å²) in [5, 5.41) is 0. The highest BCUT2D eigenvalue weighted by atomic mass is 16.5. The fourth-order valence-electron chi connectivity index (χ4n) is 2.12. The van der Waals surface area contributed by atoms with Crippen molar-refractivity contribution in [1.29, 1.82) is 0 Å². The van der Waals surface area contributed by atoms with Crippen molar-refractivity contribution in [3.8, 4) is 5.75 Å². The third kappa shape index (κ3) is 3.61. The van der Waals surface area contributed by atoms with E-state index in [2.05, 4.69) is 11.9 Å². The van der Waals surface area contributed by atoms with Gasteiger partial charge in [-0.05, 0) is 37.7 Å². The van der Waals surface area contributed by atoms with Gasteiger partial charge >= 0.3 is 0 Å². The second-order valence-electron chi connectivity index (χ2n) is 5.00. The van der Waals surface area contributed by atoms with Crippen molar-refractivity contribution in [3.63, 3.8) is 0 Å². The van der Waals surface area contributed by atoms with Crippen LogP contribution in [-0.4, -0.2) is 55.5 Å². The maximum Gasteiger partial charge on any atom is 0.260 e. The number of ether oxygens (including phenoxy) is 1. The maximum atomic E-state index is 12.0. The van der Waals surface area contributed by atoms with Crippen LogP contribution in [0, 0.1) is 6.92 Å². The van der Waals surface area contributed by atoms with Crippen molar-refractivity contribution < 1.29 is 9.53 Å². The Morgan fingerprint density at radius 1 is 1.32 bits per heavy atom. The first-order valence-electron chi connectivity index (χ1n) is 6.51. The Balaban J connectivity index is 1.86. The monoisotopic (exact) mass is 263 g/mol. The molecule has 2 rings (SSSR count). The van der Waals surface area contributed by atoms with Gasteiger partial charge in [0, 0.05) is 31.9 Å². The quantitative estimate of drug-likeness (QED) is 0.817. The molecule has 0 bridgehead atoms. The lowest BCUT2D eigenvalue weighted by atomic mass is 10.2. The van der Waals surface area contributed by atoms with E-state index in [1.165, 1.54) is 0 Å². The van der Waals surface area contributed by atoms with Crippen LogP contribution in [0.15, 0.2) is 18.2 Å². The Morgan fingerprint density at radius 2 is 2.00 bits per heavy atom. The summed E-state index contributed by atoms with van der Waals surface area (Å²) in [4.78, 5) is 16.1. The number of hydrogen-bond acceptors (Lipinski definition) is 4. The highest BCUT2D eigenvalue weighted by Crippen LogP contribution is 2.20. The fourth-order valence-corrected chi connectivity index (χ4v) is 2.12. The molecule has 1 aromatic rings. The second-order valence-corrected chi connectivity index (χ2v) is 5.00. The minimum absolute atomic E-state index is 0.0457. The van der Waals surface area contributed by atoms with Crippen molar-refractivity contribution in [3.05, 3.63) is 23.8 Å². The molecule has 1 aliphatic rings. The van der Waals surface area contributed by atoms with Gasteiger partial charge < -0.3 is 20.3 Å². The van der Waals surface area contributed by atoms with Gasteiger partial charge in [-0.15, -0.1) is 0 Å². The fraction of sp³-hybridized carbons (Fsp3) is 0.500. The molecule has 1 aliphatic heterocycles. The topological polar surface area (TPSA) is 58.8 Å². The number of rotatable bonds is 3. The number of piperazine rings is 1. The van der Waals surface area contributed by atoms with Crippen LogP contribution in [0.25, 0.3) is 0 Å². The summed E-state index contributed by atoms with van der Waals surface area (Å²) in [6.45, 7) is 5.42. The van der Waals surface area contributed by atoms with Gasteiger partial charge in [-0.1, -0.05) is 0 Å². The predicted octanol–water partition coefficient (Wildman–Crippen LogP) is 0.730. The van der Waals surface area contributed by atoms with Crippen molar-refractivity contribution >= 4 is 11.6 Å². The van der Waals surface area contributed by atoms with Gasteiger partial charge in [0.1, 0.15) is 5.75 Å². The van der Waals surface area contributed by atoms with Crippen LogP contribution in [0.3, 0.4) is 0 Å². The Labute approximate surface area is 113 Å². The van der Waals surface area contributed by atoms with Crippen LogP contribution in [0.5, 0.6) is 5.75 Å². The molecule has 5 nitrogen and oxygen atoms in total. The highest BCUT2D eigenvalue weighted by Gasteiger charge is 2.19. The van der Waals surface area contributed by atoms with Gasteiger partial charge in [0.2, 0.25) is 0 Å². The Bertz CT molecular complexity index is 454. The van der Waals surface area contributed by atoms with Gasteiger partial charge in [0.15, 0.2) is 6.61 Å². The van der Waals surface area contributed by atoms with Crippen molar-refractivity contribution in [2.75, 3.05) is 45.6 Å². The van der Waals surface area contributed by atoms with E-state index in [4.69, 9.17) is 10.5 Å². The van der Waals surface area contributed by atoms with Gasteiger partial charge in [-0.3, -0.25) is 4.79 Å². The van der Waals surface area contributed by atoms with Crippen molar-refractivity contribution in [2.45, 2.75) is 6.92 Å². The zero-order chi connectivity index (χ0) is 13.8. The number of anilines is 1. The van der Waals surface area contributed by atoms with E-state index in [1.807, 2.05) is 24.0 Å². The first-order valence-corrected chi connectivity index (χ1v) is 6.51. The number of likely N-dealkylation sites (N-methyl/N-ethyl adjacent to an activating group) is 1. The average Bonchev–Trinajstić information content (AvgIpc) is 2.38. The number of hydrogen-bond donors (Lipinski definition) is 1. The number of nitrogens with zero attached hydrogens (tertiary/aromatic N) is 2. The molecule has 0 atom stereocenters. The molecule has 1 heterocycles. The largest absolute Gasteiger partial charge is 0.483 e. The van der Waals surface area contributed by atoms with E-state index in [9.17, 15) is 4.79 Å². The summed E-state index contributed by atoms with van der Waals surface area (Å²) in [6, 6.07) is 5.43. The number of nitrogen functional groups attached to an aromatic ring is 1. The number of aryl methyl sites for hydroxylation is 1. The molecule has 1 saturated heterocycles. The normalized spacial score (nSPS) is 16.4. The van der Waals surface area contributed by atoms with Crippen LogP contribution in [0.4, 0.5) is 5.69 Å². The van der Waals surface area contributed by atoms with E-state index in [-0.39, 0.29) is 12.5 Å². The lowest BCUT2D eigenvalue weighted by Crippen LogP contribution is -2.48. The molecule has 0 saturated carbocycles. The lowest BCUT2D eigenvalue weighted by molar-refractivity contribution is -0.134. The van der Waals surface area contributed by atoms with E-state index in [0.29, 0.717) is 5.69 Å². The van der Waals surface area contributed by atoms with E-state index >= 15 is 0 Å². The first kappa shape index (κ1) is 13.7. The van der Waals surface area contributed by atoms with Crippen LogP contribution < -0.4 is 10.5 Å². The molecular weight excluding hydrogens is 242 g/mol. The summed E-state index contributed by atoms with van der Waals surface area (Å²) in [6.07, 6.45) is 0. The molecule has 0 aromatic heterocycles.